The molecule has 1 atom stereocenters. The molecule has 2 aromatic heterocycles. The molecule has 3 aromatic rings. The summed E-state index contributed by atoms with van der Waals surface area (Å²) in [4.78, 5) is 22.3. The van der Waals surface area contributed by atoms with E-state index in [9.17, 15) is 9.18 Å². The molecule has 0 aliphatic heterocycles. The Bertz CT molecular complexity index is 952. The Kier molecular flexibility index (Phi) is 5.41. The topological polar surface area (TPSA) is 54.9 Å². The maximum absolute atomic E-state index is 13.2. The van der Waals surface area contributed by atoms with Crippen molar-refractivity contribution in [3.8, 4) is 10.4 Å². The number of rotatable bonds is 5. The van der Waals surface area contributed by atoms with Gasteiger partial charge in [-0.3, -0.25) is 4.79 Å². The minimum Gasteiger partial charge on any atom is -0.352 e. The third-order valence-electron chi connectivity index (χ3n) is 4.77. The zero-order valence-electron chi connectivity index (χ0n) is 14.9. The van der Waals surface area contributed by atoms with Crippen LogP contribution in [0.2, 0.25) is 0 Å². The predicted molar refractivity (Wildman–Crippen MR) is 109 cm³/mol. The summed E-state index contributed by atoms with van der Waals surface area (Å²) in [6, 6.07) is 8.74. The summed E-state index contributed by atoms with van der Waals surface area (Å²) in [5.41, 5.74) is 1.79. The fourth-order valence-electron chi connectivity index (χ4n) is 3.28. The highest BCUT2D eigenvalue weighted by Gasteiger charge is 2.22. The number of hydrogen-bond donors (Lipinski definition) is 1. The average molecular weight is 402 g/mol. The van der Waals surface area contributed by atoms with E-state index in [2.05, 4.69) is 15.3 Å². The lowest BCUT2D eigenvalue weighted by molar-refractivity contribution is -0.120. The highest BCUT2D eigenvalue weighted by Crippen LogP contribution is 2.38. The molecule has 1 aliphatic carbocycles. The second kappa shape index (κ2) is 7.94. The van der Waals surface area contributed by atoms with E-state index in [4.69, 9.17) is 0 Å². The number of carbonyl (C=O) groups excluding carboxylic acids is 1. The molecular weight excluding hydrogens is 381 g/mol. The monoisotopic (exact) mass is 401 g/mol. The largest absolute Gasteiger partial charge is 0.352 e. The van der Waals surface area contributed by atoms with Gasteiger partial charge in [0.05, 0.1) is 15.5 Å². The summed E-state index contributed by atoms with van der Waals surface area (Å²) >= 11 is 3.03. The molecule has 4 nitrogen and oxygen atoms in total. The van der Waals surface area contributed by atoms with Gasteiger partial charge in [0.25, 0.3) is 0 Å². The average Bonchev–Trinajstić information content (AvgIpc) is 3.32. The number of benzene rings is 1. The van der Waals surface area contributed by atoms with Gasteiger partial charge in [0, 0.05) is 10.9 Å². The Morgan fingerprint density at radius 3 is 2.74 bits per heavy atom. The van der Waals surface area contributed by atoms with E-state index >= 15 is 0 Å². The second-order valence-electron chi connectivity index (χ2n) is 6.76. The van der Waals surface area contributed by atoms with Crippen molar-refractivity contribution in [3.05, 3.63) is 42.5 Å². The standard InChI is InChI=1S/C20H20FN3OS2/c1-12(19(25)24-15-4-2-3-5-15)26-20-18-16(22-11-23-20)10-17(27-18)13-6-8-14(21)9-7-13/h6-12,15H,2-5H2,1H3,(H,24,25)/t12-/m0/s1. The van der Waals surface area contributed by atoms with Gasteiger partial charge in [0.2, 0.25) is 5.91 Å². The van der Waals surface area contributed by atoms with Crippen molar-refractivity contribution in [1.82, 2.24) is 15.3 Å². The summed E-state index contributed by atoms with van der Waals surface area (Å²) in [5, 5.41) is 3.74. The summed E-state index contributed by atoms with van der Waals surface area (Å²) in [6.45, 7) is 1.91. The molecule has 1 aromatic carbocycles. The first-order valence-corrected chi connectivity index (χ1v) is 10.8. The summed E-state index contributed by atoms with van der Waals surface area (Å²) < 4.78 is 14.1. The number of carbonyl (C=O) groups is 1. The molecular formula is C20H20FN3OS2. The minimum atomic E-state index is -0.252. The number of halogens is 1. The normalized spacial score (nSPS) is 15.9. The molecule has 27 heavy (non-hydrogen) atoms. The quantitative estimate of drug-likeness (QED) is 0.481. The Balaban J connectivity index is 1.54. The van der Waals surface area contributed by atoms with E-state index in [1.54, 1.807) is 23.5 Å². The van der Waals surface area contributed by atoms with Crippen LogP contribution in [0.4, 0.5) is 4.39 Å². The van der Waals surface area contributed by atoms with Crippen LogP contribution in [0, 0.1) is 5.82 Å². The molecule has 1 N–H and O–H groups in total. The van der Waals surface area contributed by atoms with Crippen LogP contribution in [0.3, 0.4) is 0 Å². The first-order valence-electron chi connectivity index (χ1n) is 9.07. The van der Waals surface area contributed by atoms with Gasteiger partial charge in [-0.05, 0) is 43.5 Å². The molecule has 7 heteroatoms. The Hall–Kier alpha value is -1.99. The predicted octanol–water partition coefficient (Wildman–Crippen LogP) is 5.04. The van der Waals surface area contributed by atoms with Crippen molar-refractivity contribution in [1.29, 1.82) is 0 Å². The van der Waals surface area contributed by atoms with Gasteiger partial charge in [-0.2, -0.15) is 0 Å². The first kappa shape index (κ1) is 18.4. The van der Waals surface area contributed by atoms with Gasteiger partial charge in [-0.15, -0.1) is 11.3 Å². The number of aromatic nitrogens is 2. The van der Waals surface area contributed by atoms with Crippen LogP contribution in [0.15, 0.2) is 41.7 Å². The van der Waals surface area contributed by atoms with Gasteiger partial charge in [0.1, 0.15) is 17.2 Å². The smallest absolute Gasteiger partial charge is 0.233 e. The number of hydrogen-bond acceptors (Lipinski definition) is 5. The SMILES string of the molecule is C[C@H](Sc1ncnc2cc(-c3ccc(F)cc3)sc12)C(=O)NC1CCCC1. The van der Waals surface area contributed by atoms with E-state index in [1.807, 2.05) is 13.0 Å². The molecule has 1 saturated carbocycles. The van der Waals surface area contributed by atoms with E-state index in [-0.39, 0.29) is 17.0 Å². The van der Waals surface area contributed by atoms with E-state index in [0.717, 1.165) is 38.5 Å². The molecule has 1 amide bonds. The maximum Gasteiger partial charge on any atom is 0.233 e. The van der Waals surface area contributed by atoms with Gasteiger partial charge in [-0.25, -0.2) is 14.4 Å². The number of thioether (sulfide) groups is 1. The van der Waals surface area contributed by atoms with E-state index in [1.165, 1.54) is 43.1 Å². The third-order valence-corrected chi connectivity index (χ3v) is 7.18. The number of nitrogens with zero attached hydrogens (tertiary/aromatic N) is 2. The number of nitrogens with one attached hydrogen (secondary N) is 1. The molecule has 2 heterocycles. The van der Waals surface area contributed by atoms with E-state index < -0.39 is 0 Å². The fourth-order valence-corrected chi connectivity index (χ4v) is 5.38. The van der Waals surface area contributed by atoms with Gasteiger partial charge in [0.15, 0.2) is 0 Å². The molecule has 0 bridgehead atoms. The zero-order chi connectivity index (χ0) is 18.8. The summed E-state index contributed by atoms with van der Waals surface area (Å²) in [6.07, 6.45) is 6.08. The molecule has 0 unspecified atom stereocenters. The minimum absolute atomic E-state index is 0.0639. The molecule has 0 saturated heterocycles. The van der Waals surface area contributed by atoms with E-state index in [0.29, 0.717) is 6.04 Å². The molecule has 140 valence electrons. The first-order chi connectivity index (χ1) is 13.1. The van der Waals surface area contributed by atoms with Gasteiger partial charge >= 0.3 is 0 Å². The van der Waals surface area contributed by atoms with Crippen molar-refractivity contribution in [2.45, 2.75) is 48.9 Å². The Morgan fingerprint density at radius 1 is 1.26 bits per heavy atom. The van der Waals surface area contributed by atoms with Crippen LogP contribution in [-0.2, 0) is 4.79 Å². The third kappa shape index (κ3) is 4.14. The maximum atomic E-state index is 13.2. The molecule has 4 rings (SSSR count). The van der Waals surface area contributed by atoms with Crippen molar-refractivity contribution in [2.24, 2.45) is 0 Å². The lowest BCUT2D eigenvalue weighted by Crippen LogP contribution is -2.37. The van der Waals surface area contributed by atoms with Crippen molar-refractivity contribution in [3.63, 3.8) is 0 Å². The lowest BCUT2D eigenvalue weighted by atomic mass is 10.2. The number of amides is 1. The van der Waals surface area contributed by atoms with Crippen molar-refractivity contribution < 1.29 is 9.18 Å². The zero-order valence-corrected chi connectivity index (χ0v) is 16.6. The van der Waals surface area contributed by atoms with Crippen molar-refractivity contribution >= 4 is 39.2 Å². The second-order valence-corrected chi connectivity index (χ2v) is 9.14. The van der Waals surface area contributed by atoms with Crippen LogP contribution in [0.1, 0.15) is 32.6 Å². The summed E-state index contributed by atoms with van der Waals surface area (Å²) in [5.74, 6) is -0.188. The number of thiophene rings is 1. The lowest BCUT2D eigenvalue weighted by Gasteiger charge is -2.16. The van der Waals surface area contributed by atoms with Crippen molar-refractivity contribution in [2.75, 3.05) is 0 Å². The van der Waals surface area contributed by atoms with Crippen LogP contribution in [-0.4, -0.2) is 27.2 Å². The highest BCUT2D eigenvalue weighted by atomic mass is 32.2. The molecule has 0 radical (unpaired) electrons. The van der Waals surface area contributed by atoms with Gasteiger partial charge < -0.3 is 5.32 Å². The fraction of sp³-hybridized carbons (Fsp3) is 0.350. The van der Waals surface area contributed by atoms with Crippen LogP contribution >= 0.6 is 23.1 Å². The summed E-state index contributed by atoms with van der Waals surface area (Å²) in [7, 11) is 0. The van der Waals surface area contributed by atoms with Crippen LogP contribution < -0.4 is 5.32 Å². The van der Waals surface area contributed by atoms with Gasteiger partial charge in [-0.1, -0.05) is 36.7 Å². The highest BCUT2D eigenvalue weighted by molar-refractivity contribution is 8.00. The Morgan fingerprint density at radius 2 is 2.00 bits per heavy atom. The Labute approximate surface area is 165 Å². The molecule has 1 aliphatic rings. The van der Waals surface area contributed by atoms with Crippen LogP contribution in [0.5, 0.6) is 0 Å². The molecule has 0 spiro atoms. The number of fused-ring (bicyclic) bond motifs is 1. The van der Waals surface area contributed by atoms with Crippen LogP contribution in [0.25, 0.3) is 20.7 Å². The molecule has 1 fully saturated rings.